The highest BCUT2D eigenvalue weighted by molar-refractivity contribution is 5.94. The Kier molecular flexibility index (Phi) is 10.2. The van der Waals surface area contributed by atoms with Crippen LogP contribution in [-0.2, 0) is 9.53 Å². The number of amides is 1. The van der Waals surface area contributed by atoms with Gasteiger partial charge in [-0.05, 0) is 63.0 Å². The summed E-state index contributed by atoms with van der Waals surface area (Å²) in [5.41, 5.74) is 0.762. The average Bonchev–Trinajstić information content (AvgIpc) is 3.43. The first kappa shape index (κ1) is 25.9. The number of nitrogens with zero attached hydrogens (tertiary/aromatic N) is 2. The van der Waals surface area contributed by atoms with E-state index in [2.05, 4.69) is 9.80 Å². The van der Waals surface area contributed by atoms with Crippen LogP contribution in [0.1, 0.15) is 42.5 Å². The van der Waals surface area contributed by atoms with E-state index in [1.807, 2.05) is 24.3 Å². The largest absolute Gasteiger partial charge is 0.494 e. The van der Waals surface area contributed by atoms with Crippen molar-refractivity contribution in [3.8, 4) is 5.75 Å². The van der Waals surface area contributed by atoms with Crippen molar-refractivity contribution < 1.29 is 37.3 Å². The second-order valence-electron chi connectivity index (χ2n) is 7.82. The monoisotopic (exact) mass is 460 g/mol. The van der Waals surface area contributed by atoms with Crippen LogP contribution in [0, 0.1) is 0 Å². The number of alkyl halides is 3. The number of ether oxygens (including phenoxy) is 2. The molecule has 1 atom stereocenters. The molecule has 2 aliphatic rings. The third-order valence-corrected chi connectivity index (χ3v) is 5.41. The predicted molar refractivity (Wildman–Crippen MR) is 112 cm³/mol. The molecule has 32 heavy (non-hydrogen) atoms. The van der Waals surface area contributed by atoms with Gasteiger partial charge >= 0.3 is 12.1 Å². The van der Waals surface area contributed by atoms with Gasteiger partial charge in [0.05, 0.1) is 6.61 Å². The number of likely N-dealkylation sites (tertiary alicyclic amines) is 2. The molecule has 0 aliphatic carbocycles. The van der Waals surface area contributed by atoms with Crippen molar-refractivity contribution in [1.82, 2.24) is 9.80 Å². The second-order valence-corrected chi connectivity index (χ2v) is 7.82. The fourth-order valence-corrected chi connectivity index (χ4v) is 3.81. The molecule has 2 aliphatic heterocycles. The quantitative estimate of drug-likeness (QED) is 0.599. The maximum Gasteiger partial charge on any atom is 0.490 e. The maximum atomic E-state index is 12.9. The van der Waals surface area contributed by atoms with E-state index >= 15 is 0 Å². The van der Waals surface area contributed by atoms with E-state index < -0.39 is 12.1 Å². The van der Waals surface area contributed by atoms with Gasteiger partial charge in [0, 0.05) is 44.8 Å². The van der Waals surface area contributed by atoms with Gasteiger partial charge in [-0.15, -0.1) is 0 Å². The van der Waals surface area contributed by atoms with Gasteiger partial charge in [0.2, 0.25) is 0 Å². The summed E-state index contributed by atoms with van der Waals surface area (Å²) in [7, 11) is 1.69. The maximum absolute atomic E-state index is 12.9. The lowest BCUT2D eigenvalue weighted by Crippen LogP contribution is -2.42. The SMILES string of the molecule is COCCCOc1ccc(C(=O)N2CCC[C@H]2CN2CCCC2)cc1.O=C(O)C(F)(F)F. The van der Waals surface area contributed by atoms with Crippen LogP contribution in [0.4, 0.5) is 13.2 Å². The molecule has 0 aromatic heterocycles. The Hall–Kier alpha value is -2.33. The summed E-state index contributed by atoms with van der Waals surface area (Å²) in [4.78, 5) is 26.4. The topological polar surface area (TPSA) is 79.3 Å². The van der Waals surface area contributed by atoms with Gasteiger partial charge in [-0.3, -0.25) is 4.79 Å². The Balaban J connectivity index is 0.000000451. The minimum Gasteiger partial charge on any atom is -0.494 e. The Morgan fingerprint density at radius 1 is 1.06 bits per heavy atom. The fraction of sp³-hybridized carbons (Fsp3) is 0.636. The highest BCUT2D eigenvalue weighted by Crippen LogP contribution is 2.23. The molecule has 2 fully saturated rings. The van der Waals surface area contributed by atoms with Gasteiger partial charge in [0.1, 0.15) is 5.75 Å². The first-order valence-electron chi connectivity index (χ1n) is 10.8. The number of carboxylic acids is 1. The molecule has 0 bridgehead atoms. The van der Waals surface area contributed by atoms with E-state index in [9.17, 15) is 18.0 Å². The molecule has 7 nitrogen and oxygen atoms in total. The molecule has 2 heterocycles. The highest BCUT2D eigenvalue weighted by Gasteiger charge is 2.38. The van der Waals surface area contributed by atoms with Gasteiger partial charge < -0.3 is 24.4 Å². The van der Waals surface area contributed by atoms with E-state index in [1.165, 1.54) is 25.9 Å². The first-order valence-corrected chi connectivity index (χ1v) is 10.8. The molecule has 1 aromatic rings. The number of aliphatic carboxylic acids is 1. The Morgan fingerprint density at radius 2 is 1.69 bits per heavy atom. The number of hydrogen-bond acceptors (Lipinski definition) is 5. The fourth-order valence-electron chi connectivity index (χ4n) is 3.81. The van der Waals surface area contributed by atoms with E-state index in [4.69, 9.17) is 19.4 Å². The van der Waals surface area contributed by atoms with Crippen molar-refractivity contribution in [2.24, 2.45) is 0 Å². The molecule has 0 saturated carbocycles. The number of carbonyl (C=O) groups excluding carboxylic acids is 1. The molecular weight excluding hydrogens is 429 g/mol. The molecule has 0 radical (unpaired) electrons. The average molecular weight is 460 g/mol. The van der Waals surface area contributed by atoms with Crippen LogP contribution in [0.3, 0.4) is 0 Å². The normalized spacial score (nSPS) is 18.9. The lowest BCUT2D eigenvalue weighted by atomic mass is 10.1. The molecule has 0 spiro atoms. The molecule has 180 valence electrons. The summed E-state index contributed by atoms with van der Waals surface area (Å²) in [6, 6.07) is 7.94. The minimum atomic E-state index is -5.08. The van der Waals surface area contributed by atoms with Crippen LogP contribution in [0.25, 0.3) is 0 Å². The lowest BCUT2D eigenvalue weighted by molar-refractivity contribution is -0.192. The molecule has 1 N–H and O–H groups in total. The lowest BCUT2D eigenvalue weighted by Gasteiger charge is -2.28. The number of rotatable bonds is 8. The number of methoxy groups -OCH3 is 1. The second kappa shape index (κ2) is 12.6. The number of hydrogen-bond donors (Lipinski definition) is 1. The van der Waals surface area contributed by atoms with Crippen molar-refractivity contribution >= 4 is 11.9 Å². The van der Waals surface area contributed by atoms with Crippen LogP contribution < -0.4 is 4.74 Å². The summed E-state index contributed by atoms with van der Waals surface area (Å²) in [6.45, 7) is 5.62. The van der Waals surface area contributed by atoms with E-state index in [0.29, 0.717) is 19.3 Å². The van der Waals surface area contributed by atoms with Gasteiger partial charge in [0.15, 0.2) is 0 Å². The molecule has 3 rings (SSSR count). The van der Waals surface area contributed by atoms with E-state index in [1.54, 1.807) is 7.11 Å². The number of carboxylic acid groups (broad SMARTS) is 1. The zero-order chi connectivity index (χ0) is 23.6. The predicted octanol–water partition coefficient (Wildman–Crippen LogP) is 3.44. The third-order valence-electron chi connectivity index (χ3n) is 5.41. The molecule has 0 unspecified atom stereocenters. The summed E-state index contributed by atoms with van der Waals surface area (Å²) in [5, 5.41) is 7.12. The summed E-state index contributed by atoms with van der Waals surface area (Å²) in [6.07, 6.45) is 0.621. The third kappa shape index (κ3) is 8.31. The standard InChI is InChI=1S/C20H30N2O3.C2HF3O2/c1-24-14-5-15-25-19-9-7-17(8-10-19)20(23)22-13-4-6-18(22)16-21-11-2-3-12-21;3-2(4,5)1(6)7/h7-10,18H,2-6,11-16H2,1H3;(H,6,7)/t18-;/m0./s1. The highest BCUT2D eigenvalue weighted by atomic mass is 19.4. The summed E-state index contributed by atoms with van der Waals surface area (Å²) in [5.74, 6) is -1.79. The first-order chi connectivity index (χ1) is 15.2. The van der Waals surface area contributed by atoms with Gasteiger partial charge in [-0.2, -0.15) is 13.2 Å². The smallest absolute Gasteiger partial charge is 0.490 e. The summed E-state index contributed by atoms with van der Waals surface area (Å²) < 4.78 is 42.4. The number of benzene rings is 1. The molecule has 1 amide bonds. The molecule has 2 saturated heterocycles. The van der Waals surface area contributed by atoms with Crippen LogP contribution in [0.5, 0.6) is 5.75 Å². The summed E-state index contributed by atoms with van der Waals surface area (Å²) >= 11 is 0. The molecule has 10 heteroatoms. The minimum absolute atomic E-state index is 0.160. The Labute approximate surface area is 186 Å². The Morgan fingerprint density at radius 3 is 2.25 bits per heavy atom. The molecule has 1 aromatic carbocycles. The van der Waals surface area contributed by atoms with E-state index in [0.717, 1.165) is 43.7 Å². The number of carbonyl (C=O) groups is 2. The van der Waals surface area contributed by atoms with Gasteiger partial charge in [0.25, 0.3) is 5.91 Å². The van der Waals surface area contributed by atoms with E-state index in [-0.39, 0.29) is 5.91 Å². The van der Waals surface area contributed by atoms with Crippen molar-refractivity contribution in [2.45, 2.75) is 44.3 Å². The van der Waals surface area contributed by atoms with Gasteiger partial charge in [-0.25, -0.2) is 4.79 Å². The van der Waals surface area contributed by atoms with Crippen LogP contribution in [-0.4, -0.2) is 85.5 Å². The zero-order valence-corrected chi connectivity index (χ0v) is 18.3. The zero-order valence-electron chi connectivity index (χ0n) is 18.3. The van der Waals surface area contributed by atoms with Crippen molar-refractivity contribution in [2.75, 3.05) is 46.5 Å². The van der Waals surface area contributed by atoms with Crippen molar-refractivity contribution in [1.29, 1.82) is 0 Å². The van der Waals surface area contributed by atoms with Crippen LogP contribution >= 0.6 is 0 Å². The van der Waals surface area contributed by atoms with Crippen LogP contribution in [0.15, 0.2) is 24.3 Å². The van der Waals surface area contributed by atoms with Crippen molar-refractivity contribution in [3.63, 3.8) is 0 Å². The molecular formula is C22H31F3N2O5. The van der Waals surface area contributed by atoms with Gasteiger partial charge in [-0.1, -0.05) is 0 Å². The van der Waals surface area contributed by atoms with Crippen molar-refractivity contribution in [3.05, 3.63) is 29.8 Å². The number of halogens is 3. The Bertz CT molecular complexity index is 721. The van der Waals surface area contributed by atoms with Crippen LogP contribution in [0.2, 0.25) is 0 Å².